The van der Waals surface area contributed by atoms with E-state index < -0.39 is 15.6 Å². The maximum atomic E-state index is 11.6. The number of fused-ring (bicyclic) bond motifs is 2. The minimum Gasteiger partial charge on any atom is -0.482 e. The van der Waals surface area contributed by atoms with Crippen molar-refractivity contribution in [2.45, 2.75) is 24.9 Å². The summed E-state index contributed by atoms with van der Waals surface area (Å²) in [6.07, 6.45) is 5.77. The monoisotopic (exact) mass is 485 g/mol. The van der Waals surface area contributed by atoms with Gasteiger partial charge in [0.15, 0.2) is 0 Å². The number of hydroxylamine groups is 1. The van der Waals surface area contributed by atoms with Crippen LogP contribution in [-0.4, -0.2) is 62.2 Å². The van der Waals surface area contributed by atoms with Gasteiger partial charge in [-0.1, -0.05) is 6.07 Å². The molecular formula is C23H27N5O5S. The van der Waals surface area contributed by atoms with Crippen molar-refractivity contribution in [3.8, 4) is 5.75 Å². The number of aromatic nitrogens is 2. The molecule has 1 aromatic heterocycles. The van der Waals surface area contributed by atoms with E-state index in [1.165, 1.54) is 5.56 Å². The first-order chi connectivity index (χ1) is 16.3. The molecule has 180 valence electrons. The van der Waals surface area contributed by atoms with Gasteiger partial charge in [-0.3, -0.25) is 15.0 Å². The minimum absolute atomic E-state index is 0.443. The van der Waals surface area contributed by atoms with Crippen molar-refractivity contribution in [1.82, 2.24) is 20.7 Å². The van der Waals surface area contributed by atoms with Gasteiger partial charge in [0, 0.05) is 43.7 Å². The molecule has 3 heterocycles. The van der Waals surface area contributed by atoms with Crippen LogP contribution in [0.3, 0.4) is 0 Å². The molecular weight excluding hydrogens is 458 g/mol. The van der Waals surface area contributed by atoms with Crippen LogP contribution in [0.5, 0.6) is 5.75 Å². The van der Waals surface area contributed by atoms with Gasteiger partial charge in [-0.25, -0.2) is 13.0 Å². The summed E-state index contributed by atoms with van der Waals surface area (Å²) >= 11 is 0. The highest BCUT2D eigenvalue weighted by Gasteiger charge is 2.39. The van der Waals surface area contributed by atoms with Crippen LogP contribution in [0, 0.1) is 0 Å². The molecule has 3 aromatic rings. The molecule has 1 saturated heterocycles. The molecule has 2 aromatic carbocycles. The van der Waals surface area contributed by atoms with Crippen molar-refractivity contribution in [3.63, 3.8) is 0 Å². The van der Waals surface area contributed by atoms with E-state index in [2.05, 4.69) is 37.6 Å². The first-order valence-corrected chi connectivity index (χ1v) is 13.0. The fraction of sp³-hybridized carbons (Fsp3) is 0.391. The third kappa shape index (κ3) is 4.86. The standard InChI is InChI=1S/C23H27N5O5S/c1-31-24-21-15-23(32-22-6-4-17(14-18(21)22)27-34(2,29)30)8-11-28(12-9-23)10-7-16-3-5-19-20(13-16)26-33-25-19/h3-6,13-15,24,27H,7-12H2,1-2H3. The van der Waals surface area contributed by atoms with E-state index in [1.54, 1.807) is 25.3 Å². The summed E-state index contributed by atoms with van der Waals surface area (Å²) < 4.78 is 37.0. The number of rotatable bonds is 7. The van der Waals surface area contributed by atoms with E-state index in [0.29, 0.717) is 11.4 Å². The molecule has 5 rings (SSSR count). The number of hydrogen-bond acceptors (Lipinski definition) is 9. The molecule has 34 heavy (non-hydrogen) atoms. The first kappa shape index (κ1) is 22.6. The predicted octanol–water partition coefficient (Wildman–Crippen LogP) is 2.56. The van der Waals surface area contributed by atoms with E-state index >= 15 is 0 Å². The first-order valence-electron chi connectivity index (χ1n) is 11.1. The number of hydrogen-bond donors (Lipinski definition) is 2. The average Bonchev–Trinajstić information content (AvgIpc) is 3.26. The predicted molar refractivity (Wildman–Crippen MR) is 128 cm³/mol. The van der Waals surface area contributed by atoms with Gasteiger partial charge >= 0.3 is 0 Å². The highest BCUT2D eigenvalue weighted by Crippen LogP contribution is 2.41. The lowest BCUT2D eigenvalue weighted by Gasteiger charge is -2.43. The second kappa shape index (κ2) is 8.90. The number of nitrogens with one attached hydrogen (secondary N) is 2. The Kier molecular flexibility index (Phi) is 5.92. The Bertz CT molecular complexity index is 1330. The number of nitrogens with zero attached hydrogens (tertiary/aromatic N) is 3. The lowest BCUT2D eigenvalue weighted by atomic mass is 9.86. The summed E-state index contributed by atoms with van der Waals surface area (Å²) in [5.74, 6) is 0.698. The van der Waals surface area contributed by atoms with E-state index in [-0.39, 0.29) is 0 Å². The molecule has 10 nitrogen and oxygen atoms in total. The summed E-state index contributed by atoms with van der Waals surface area (Å²) in [6, 6.07) is 11.3. The fourth-order valence-electron chi connectivity index (χ4n) is 4.56. The topological polar surface area (TPSA) is 119 Å². The molecule has 0 atom stereocenters. The molecule has 2 aliphatic rings. The smallest absolute Gasteiger partial charge is 0.229 e. The summed E-state index contributed by atoms with van der Waals surface area (Å²) in [5, 5.41) is 7.78. The van der Waals surface area contributed by atoms with Crippen molar-refractivity contribution in [2.24, 2.45) is 0 Å². The molecule has 0 saturated carbocycles. The van der Waals surface area contributed by atoms with Crippen LogP contribution in [0.2, 0.25) is 0 Å². The van der Waals surface area contributed by atoms with Crippen molar-refractivity contribution < 1.29 is 22.6 Å². The van der Waals surface area contributed by atoms with Crippen molar-refractivity contribution >= 4 is 32.4 Å². The van der Waals surface area contributed by atoms with Crippen LogP contribution in [-0.2, 0) is 21.3 Å². The summed E-state index contributed by atoms with van der Waals surface area (Å²) in [4.78, 5) is 7.64. The Labute approximate surface area is 197 Å². The third-order valence-electron chi connectivity index (χ3n) is 6.24. The molecule has 0 bridgehead atoms. The second-order valence-corrected chi connectivity index (χ2v) is 10.5. The quantitative estimate of drug-likeness (QED) is 0.487. The molecule has 0 radical (unpaired) electrons. The summed E-state index contributed by atoms with van der Waals surface area (Å²) in [6.45, 7) is 2.73. The van der Waals surface area contributed by atoms with Gasteiger partial charge in [0.2, 0.25) is 10.0 Å². The zero-order valence-corrected chi connectivity index (χ0v) is 19.9. The molecule has 11 heteroatoms. The molecule has 2 aliphatic heterocycles. The summed E-state index contributed by atoms with van der Waals surface area (Å²) in [7, 11) is -1.83. The van der Waals surface area contributed by atoms with Crippen molar-refractivity contribution in [2.75, 3.05) is 37.7 Å². The third-order valence-corrected chi connectivity index (χ3v) is 6.85. The molecule has 0 unspecified atom stereocenters. The number of anilines is 1. The second-order valence-electron chi connectivity index (χ2n) is 8.80. The Morgan fingerprint density at radius 2 is 1.91 bits per heavy atom. The van der Waals surface area contributed by atoms with Crippen LogP contribution < -0.4 is 14.9 Å². The van der Waals surface area contributed by atoms with Crippen LogP contribution in [0.15, 0.2) is 47.1 Å². The highest BCUT2D eigenvalue weighted by molar-refractivity contribution is 7.92. The van der Waals surface area contributed by atoms with Crippen LogP contribution in [0.4, 0.5) is 5.69 Å². The summed E-state index contributed by atoms with van der Waals surface area (Å²) in [5.41, 5.74) is 7.24. The zero-order chi connectivity index (χ0) is 23.8. The average molecular weight is 486 g/mol. The van der Waals surface area contributed by atoms with E-state index in [9.17, 15) is 8.42 Å². The molecule has 2 N–H and O–H groups in total. The van der Waals surface area contributed by atoms with E-state index in [1.807, 2.05) is 12.1 Å². The maximum absolute atomic E-state index is 11.6. The van der Waals surface area contributed by atoms with E-state index in [0.717, 1.165) is 67.4 Å². The van der Waals surface area contributed by atoms with Gasteiger partial charge in [-0.2, -0.15) is 0 Å². The molecule has 1 fully saturated rings. The lowest BCUT2D eigenvalue weighted by molar-refractivity contribution is 0.0360. The Balaban J connectivity index is 1.27. The Hall–Kier alpha value is -3.15. The lowest BCUT2D eigenvalue weighted by Crippen LogP contribution is -2.49. The SMILES string of the molecule is CONC1=CC2(CCN(CCc3ccc4nonc4c3)CC2)Oc2ccc(NS(C)(=O)=O)cc21. The number of sulfonamides is 1. The Morgan fingerprint density at radius 3 is 2.68 bits per heavy atom. The highest BCUT2D eigenvalue weighted by atomic mass is 32.2. The van der Waals surface area contributed by atoms with Crippen LogP contribution >= 0.6 is 0 Å². The minimum atomic E-state index is -3.38. The number of likely N-dealkylation sites (tertiary alicyclic amines) is 1. The van der Waals surface area contributed by atoms with Crippen molar-refractivity contribution in [3.05, 3.63) is 53.6 Å². The number of ether oxygens (including phenoxy) is 1. The molecule has 0 aliphatic carbocycles. The molecule has 0 amide bonds. The van der Waals surface area contributed by atoms with Gasteiger partial charge in [0.05, 0.1) is 19.1 Å². The van der Waals surface area contributed by atoms with Crippen molar-refractivity contribution in [1.29, 1.82) is 0 Å². The van der Waals surface area contributed by atoms with E-state index in [4.69, 9.17) is 14.2 Å². The Morgan fingerprint density at radius 1 is 1.12 bits per heavy atom. The van der Waals surface area contributed by atoms with Gasteiger partial charge in [-0.15, -0.1) is 0 Å². The van der Waals surface area contributed by atoms with Gasteiger partial charge in [0.1, 0.15) is 22.4 Å². The van der Waals surface area contributed by atoms with Gasteiger partial charge < -0.3 is 9.64 Å². The van der Waals surface area contributed by atoms with Crippen LogP contribution in [0.1, 0.15) is 24.0 Å². The van der Waals surface area contributed by atoms with Crippen LogP contribution in [0.25, 0.3) is 16.7 Å². The number of piperidine rings is 1. The molecule has 1 spiro atoms. The fourth-order valence-corrected chi connectivity index (χ4v) is 5.12. The number of benzene rings is 2. The normalized spacial score (nSPS) is 17.8. The van der Waals surface area contributed by atoms with Gasteiger partial charge in [0.25, 0.3) is 0 Å². The largest absolute Gasteiger partial charge is 0.482 e. The zero-order valence-electron chi connectivity index (χ0n) is 19.1. The van der Waals surface area contributed by atoms with Gasteiger partial charge in [-0.05, 0) is 58.7 Å². The maximum Gasteiger partial charge on any atom is 0.229 e.